The zero-order chi connectivity index (χ0) is 10.6. The van der Waals surface area contributed by atoms with Crippen LogP contribution >= 0.6 is 0 Å². The van der Waals surface area contributed by atoms with E-state index in [0.29, 0.717) is 0 Å². The van der Waals surface area contributed by atoms with Crippen LogP contribution in [0.4, 0.5) is 17.6 Å². The maximum atomic E-state index is 12.5. The summed E-state index contributed by atoms with van der Waals surface area (Å²) in [4.78, 5) is 1.64. The first-order valence-electron chi connectivity index (χ1n) is 4.76. The van der Waals surface area contributed by atoms with Crippen molar-refractivity contribution in [1.29, 1.82) is 0 Å². The third-order valence-corrected chi connectivity index (χ3v) is 3.16. The fraction of sp³-hybridized carbons (Fsp3) is 1.00. The molecule has 2 aliphatic carbocycles. The number of hydrogen-bond acceptors (Lipinski definition) is 1. The van der Waals surface area contributed by atoms with Gasteiger partial charge in [-0.1, -0.05) is 0 Å². The lowest BCUT2D eigenvalue weighted by atomic mass is 9.87. The molecule has 2 aliphatic rings. The molecule has 0 saturated heterocycles. The minimum absolute atomic E-state index is 0.0829. The molecular formula is C9H13F4N. The highest BCUT2D eigenvalue weighted by molar-refractivity contribution is 4.99. The molecule has 0 N–H and O–H groups in total. The van der Waals surface area contributed by atoms with Crippen molar-refractivity contribution in [1.82, 2.24) is 4.90 Å². The number of nitrogens with zero attached hydrogens (tertiary/aromatic N) is 1. The molecule has 1 nitrogen and oxygen atoms in total. The van der Waals surface area contributed by atoms with Crippen molar-refractivity contribution in [3.8, 4) is 0 Å². The van der Waals surface area contributed by atoms with E-state index in [4.69, 9.17) is 0 Å². The van der Waals surface area contributed by atoms with Crippen LogP contribution in [-0.4, -0.2) is 36.4 Å². The van der Waals surface area contributed by atoms with Crippen molar-refractivity contribution in [2.24, 2.45) is 5.92 Å². The molecule has 0 aromatic heterocycles. The van der Waals surface area contributed by atoms with E-state index in [0.717, 1.165) is 0 Å². The molecule has 0 aliphatic heterocycles. The van der Waals surface area contributed by atoms with E-state index < -0.39 is 17.8 Å². The van der Waals surface area contributed by atoms with E-state index >= 15 is 0 Å². The standard InChI is InChI=1S/C9H13F4N/c1-14(5-6-2-9(6,12)13)7-3-8(10,11)4-7/h6-7H,2-5H2,1H3. The molecule has 14 heavy (non-hydrogen) atoms. The minimum Gasteiger partial charge on any atom is -0.302 e. The molecule has 0 aromatic carbocycles. The molecule has 5 heteroatoms. The summed E-state index contributed by atoms with van der Waals surface area (Å²) < 4.78 is 50.0. The third-order valence-electron chi connectivity index (χ3n) is 3.16. The first-order chi connectivity index (χ1) is 6.30. The van der Waals surface area contributed by atoms with Gasteiger partial charge in [0.1, 0.15) is 0 Å². The molecule has 82 valence electrons. The Bertz CT molecular complexity index is 233. The van der Waals surface area contributed by atoms with Crippen LogP contribution < -0.4 is 0 Å². The van der Waals surface area contributed by atoms with Crippen LogP contribution in [0.15, 0.2) is 0 Å². The Kier molecular flexibility index (Phi) is 2.07. The zero-order valence-corrected chi connectivity index (χ0v) is 7.94. The second-order valence-electron chi connectivity index (χ2n) is 4.52. The Balaban J connectivity index is 1.73. The smallest absolute Gasteiger partial charge is 0.252 e. The molecule has 0 bridgehead atoms. The summed E-state index contributed by atoms with van der Waals surface area (Å²) >= 11 is 0. The normalized spacial score (nSPS) is 34.3. The highest BCUT2D eigenvalue weighted by Gasteiger charge is 2.58. The summed E-state index contributed by atoms with van der Waals surface area (Å²) in [6.45, 7) is 0.244. The average molecular weight is 211 g/mol. The summed E-state index contributed by atoms with van der Waals surface area (Å²) in [5.41, 5.74) is 0. The molecule has 1 atom stereocenters. The molecule has 2 saturated carbocycles. The van der Waals surface area contributed by atoms with Crippen molar-refractivity contribution < 1.29 is 17.6 Å². The predicted molar refractivity (Wildman–Crippen MR) is 43.7 cm³/mol. The van der Waals surface area contributed by atoms with Crippen molar-refractivity contribution in [2.75, 3.05) is 13.6 Å². The van der Waals surface area contributed by atoms with Crippen LogP contribution in [0.1, 0.15) is 19.3 Å². The highest BCUT2D eigenvalue weighted by atomic mass is 19.3. The van der Waals surface area contributed by atoms with Gasteiger partial charge < -0.3 is 4.90 Å². The molecule has 1 unspecified atom stereocenters. The number of rotatable bonds is 3. The Morgan fingerprint density at radius 2 is 1.64 bits per heavy atom. The predicted octanol–water partition coefficient (Wildman–Crippen LogP) is 2.37. The van der Waals surface area contributed by atoms with Crippen LogP contribution in [0.2, 0.25) is 0 Å². The number of hydrogen-bond donors (Lipinski definition) is 0. The van der Waals surface area contributed by atoms with Crippen molar-refractivity contribution >= 4 is 0 Å². The highest BCUT2D eigenvalue weighted by Crippen LogP contribution is 2.50. The molecule has 0 aromatic rings. The third kappa shape index (κ3) is 1.87. The van der Waals surface area contributed by atoms with Crippen molar-refractivity contribution in [2.45, 2.75) is 37.1 Å². The lowest BCUT2D eigenvalue weighted by Gasteiger charge is -2.40. The summed E-state index contributed by atoms with van der Waals surface area (Å²) in [5.74, 6) is -5.72. The fourth-order valence-corrected chi connectivity index (χ4v) is 1.91. The van der Waals surface area contributed by atoms with Gasteiger partial charge in [0, 0.05) is 37.8 Å². The van der Waals surface area contributed by atoms with E-state index in [1.165, 1.54) is 0 Å². The van der Waals surface area contributed by atoms with Crippen LogP contribution in [-0.2, 0) is 0 Å². The first-order valence-corrected chi connectivity index (χ1v) is 4.76. The summed E-state index contributed by atoms with van der Waals surface area (Å²) in [6, 6.07) is -0.207. The monoisotopic (exact) mass is 211 g/mol. The second-order valence-corrected chi connectivity index (χ2v) is 4.52. The van der Waals surface area contributed by atoms with E-state index in [2.05, 4.69) is 0 Å². The van der Waals surface area contributed by atoms with Gasteiger partial charge >= 0.3 is 0 Å². The Labute approximate surface area is 80.1 Å². The number of halogens is 4. The average Bonchev–Trinajstić information content (AvgIpc) is 2.53. The van der Waals surface area contributed by atoms with E-state index in [1.54, 1.807) is 11.9 Å². The maximum Gasteiger partial charge on any atom is 0.252 e. The molecular weight excluding hydrogens is 198 g/mol. The van der Waals surface area contributed by atoms with E-state index in [1.807, 2.05) is 0 Å². The Morgan fingerprint density at radius 1 is 1.14 bits per heavy atom. The summed E-state index contributed by atoms with van der Waals surface area (Å²) in [6.07, 6.45) is -0.440. The molecule has 2 fully saturated rings. The maximum absolute atomic E-state index is 12.5. The van der Waals surface area contributed by atoms with Crippen LogP contribution in [0.5, 0.6) is 0 Å². The van der Waals surface area contributed by atoms with Crippen LogP contribution in [0.3, 0.4) is 0 Å². The SMILES string of the molecule is CN(CC1CC1(F)F)C1CC(F)(F)C1. The largest absolute Gasteiger partial charge is 0.302 e. The van der Waals surface area contributed by atoms with Gasteiger partial charge in [-0.2, -0.15) is 0 Å². The summed E-state index contributed by atoms with van der Waals surface area (Å²) in [5, 5.41) is 0. The second kappa shape index (κ2) is 2.84. The lowest BCUT2D eigenvalue weighted by molar-refractivity contribution is -0.121. The number of alkyl halides is 4. The van der Waals surface area contributed by atoms with Gasteiger partial charge in [-0.25, -0.2) is 17.6 Å². The molecule has 2 rings (SSSR count). The van der Waals surface area contributed by atoms with Gasteiger partial charge in [-0.15, -0.1) is 0 Å². The van der Waals surface area contributed by atoms with Gasteiger partial charge in [0.15, 0.2) is 0 Å². The molecule has 0 spiro atoms. The van der Waals surface area contributed by atoms with Gasteiger partial charge in [-0.3, -0.25) is 0 Å². The van der Waals surface area contributed by atoms with Crippen molar-refractivity contribution in [3.63, 3.8) is 0 Å². The van der Waals surface area contributed by atoms with Gasteiger partial charge in [0.05, 0.1) is 0 Å². The van der Waals surface area contributed by atoms with Crippen LogP contribution in [0, 0.1) is 5.92 Å². The Hall–Kier alpha value is -0.320. The van der Waals surface area contributed by atoms with Gasteiger partial charge in [0.25, 0.3) is 11.8 Å². The zero-order valence-electron chi connectivity index (χ0n) is 7.94. The summed E-state index contributed by atoms with van der Waals surface area (Å²) in [7, 11) is 1.65. The van der Waals surface area contributed by atoms with Crippen molar-refractivity contribution in [3.05, 3.63) is 0 Å². The Morgan fingerprint density at radius 3 is 2.00 bits per heavy atom. The van der Waals surface area contributed by atoms with Gasteiger partial charge in [-0.05, 0) is 7.05 Å². The molecule has 0 amide bonds. The first kappa shape index (κ1) is 10.2. The fourth-order valence-electron chi connectivity index (χ4n) is 1.91. The minimum atomic E-state index is -2.56. The van der Waals surface area contributed by atoms with E-state index in [-0.39, 0.29) is 31.8 Å². The van der Waals surface area contributed by atoms with Crippen LogP contribution in [0.25, 0.3) is 0 Å². The topological polar surface area (TPSA) is 3.24 Å². The van der Waals surface area contributed by atoms with Gasteiger partial charge in [0.2, 0.25) is 0 Å². The van der Waals surface area contributed by atoms with E-state index in [9.17, 15) is 17.6 Å². The lowest BCUT2D eigenvalue weighted by Crippen LogP contribution is -2.49. The quantitative estimate of drug-likeness (QED) is 0.648. The molecule has 0 radical (unpaired) electrons. The molecule has 0 heterocycles.